The van der Waals surface area contributed by atoms with E-state index in [2.05, 4.69) is 17.4 Å². The molecule has 1 fully saturated rings. The smallest absolute Gasteiger partial charge is 0.255 e. The SMILES string of the molecule is O=C(Nc1ccc(S(=O)(=O)N2CCCCCC2)cc1)c1cccc(OCCc2ccccc2)c1. The standard InChI is InChI=1S/C27H30N2O4S/c30-27(23-11-8-12-25(21-23)33-20-17-22-9-4-3-5-10-22)28-24-13-15-26(16-14-24)34(31,32)29-18-6-1-2-7-19-29/h3-5,8-16,21H,1-2,6-7,17-20H2,(H,28,30). The molecule has 0 bridgehead atoms. The summed E-state index contributed by atoms with van der Waals surface area (Å²) < 4.78 is 33.3. The van der Waals surface area contributed by atoms with Gasteiger partial charge in [0.1, 0.15) is 5.75 Å². The number of rotatable bonds is 8. The molecular formula is C27H30N2O4S. The van der Waals surface area contributed by atoms with Gasteiger partial charge in [-0.25, -0.2) is 8.42 Å². The van der Waals surface area contributed by atoms with E-state index >= 15 is 0 Å². The van der Waals surface area contributed by atoms with E-state index in [1.54, 1.807) is 46.8 Å². The highest BCUT2D eigenvalue weighted by atomic mass is 32.2. The van der Waals surface area contributed by atoms with Crippen LogP contribution in [0.15, 0.2) is 83.8 Å². The Morgan fingerprint density at radius 2 is 1.56 bits per heavy atom. The van der Waals surface area contributed by atoms with Gasteiger partial charge in [-0.05, 0) is 60.9 Å². The van der Waals surface area contributed by atoms with Crippen LogP contribution in [0.25, 0.3) is 0 Å². The summed E-state index contributed by atoms with van der Waals surface area (Å²) >= 11 is 0. The summed E-state index contributed by atoms with van der Waals surface area (Å²) in [5.74, 6) is 0.346. The molecule has 1 amide bonds. The highest BCUT2D eigenvalue weighted by Gasteiger charge is 2.25. The Morgan fingerprint density at radius 1 is 0.853 bits per heavy atom. The van der Waals surface area contributed by atoms with E-state index in [0.717, 1.165) is 32.1 Å². The number of hydrogen-bond acceptors (Lipinski definition) is 4. The quantitative estimate of drug-likeness (QED) is 0.487. The normalized spacial score (nSPS) is 14.8. The number of anilines is 1. The molecule has 3 aromatic rings. The Labute approximate surface area is 201 Å². The van der Waals surface area contributed by atoms with Crippen LogP contribution in [0.3, 0.4) is 0 Å². The van der Waals surface area contributed by atoms with E-state index < -0.39 is 10.0 Å². The first-order chi connectivity index (χ1) is 16.5. The van der Waals surface area contributed by atoms with Gasteiger partial charge < -0.3 is 10.1 Å². The highest BCUT2D eigenvalue weighted by Crippen LogP contribution is 2.22. The number of amides is 1. The van der Waals surface area contributed by atoms with Crippen molar-refractivity contribution in [3.05, 3.63) is 90.0 Å². The van der Waals surface area contributed by atoms with Gasteiger partial charge in [0.25, 0.3) is 5.91 Å². The largest absolute Gasteiger partial charge is 0.493 e. The molecule has 178 valence electrons. The molecule has 0 unspecified atom stereocenters. The number of nitrogens with zero attached hydrogens (tertiary/aromatic N) is 1. The van der Waals surface area contributed by atoms with Crippen LogP contribution in [0.4, 0.5) is 5.69 Å². The number of carbonyl (C=O) groups is 1. The number of hydrogen-bond donors (Lipinski definition) is 1. The molecule has 0 spiro atoms. The fraction of sp³-hybridized carbons (Fsp3) is 0.296. The Morgan fingerprint density at radius 3 is 2.26 bits per heavy atom. The van der Waals surface area contributed by atoms with Crippen molar-refractivity contribution < 1.29 is 17.9 Å². The zero-order valence-electron chi connectivity index (χ0n) is 19.2. The second-order valence-electron chi connectivity index (χ2n) is 8.41. The van der Waals surface area contributed by atoms with E-state index in [-0.39, 0.29) is 10.8 Å². The molecule has 6 nitrogen and oxygen atoms in total. The summed E-state index contributed by atoms with van der Waals surface area (Å²) in [4.78, 5) is 13.0. The van der Waals surface area contributed by atoms with Crippen molar-refractivity contribution in [3.8, 4) is 5.75 Å². The summed E-state index contributed by atoms with van der Waals surface area (Å²) in [6, 6.07) is 23.5. The van der Waals surface area contributed by atoms with Crippen molar-refractivity contribution in [2.45, 2.75) is 37.0 Å². The molecule has 1 heterocycles. The van der Waals surface area contributed by atoms with Gasteiger partial charge in [-0.15, -0.1) is 0 Å². The number of sulfonamides is 1. The summed E-state index contributed by atoms with van der Waals surface area (Å²) in [7, 11) is -3.51. The molecule has 3 aromatic carbocycles. The van der Waals surface area contributed by atoms with Crippen molar-refractivity contribution in [1.29, 1.82) is 0 Å². The van der Waals surface area contributed by atoms with Crippen LogP contribution >= 0.6 is 0 Å². The van der Waals surface area contributed by atoms with Crippen molar-refractivity contribution in [2.75, 3.05) is 25.0 Å². The van der Waals surface area contributed by atoms with E-state index in [9.17, 15) is 13.2 Å². The van der Waals surface area contributed by atoms with Crippen LogP contribution in [-0.2, 0) is 16.4 Å². The van der Waals surface area contributed by atoms with Crippen molar-refractivity contribution in [1.82, 2.24) is 4.31 Å². The van der Waals surface area contributed by atoms with Gasteiger partial charge >= 0.3 is 0 Å². The Hall–Kier alpha value is -3.16. The molecule has 0 atom stereocenters. The van der Waals surface area contributed by atoms with Crippen LogP contribution in [0.2, 0.25) is 0 Å². The maximum Gasteiger partial charge on any atom is 0.255 e. The molecule has 34 heavy (non-hydrogen) atoms. The predicted molar refractivity (Wildman–Crippen MR) is 134 cm³/mol. The Kier molecular flexibility index (Phi) is 7.98. The molecule has 4 rings (SSSR count). The molecular weight excluding hydrogens is 448 g/mol. The number of ether oxygens (including phenoxy) is 1. The van der Waals surface area contributed by atoms with E-state index in [1.165, 1.54) is 5.56 Å². The third-order valence-electron chi connectivity index (χ3n) is 5.91. The fourth-order valence-corrected chi connectivity index (χ4v) is 5.52. The number of nitrogens with one attached hydrogen (secondary N) is 1. The van der Waals surface area contributed by atoms with Gasteiger partial charge in [-0.2, -0.15) is 4.31 Å². The Balaban J connectivity index is 1.35. The van der Waals surface area contributed by atoms with Crippen LogP contribution < -0.4 is 10.1 Å². The van der Waals surface area contributed by atoms with Crippen LogP contribution in [0, 0.1) is 0 Å². The van der Waals surface area contributed by atoms with Crippen LogP contribution in [0.5, 0.6) is 5.75 Å². The lowest BCUT2D eigenvalue weighted by Crippen LogP contribution is -2.31. The second-order valence-corrected chi connectivity index (χ2v) is 10.3. The van der Waals surface area contributed by atoms with Crippen LogP contribution in [0.1, 0.15) is 41.6 Å². The third-order valence-corrected chi connectivity index (χ3v) is 7.83. The van der Waals surface area contributed by atoms with Gasteiger partial charge in [0.2, 0.25) is 10.0 Å². The predicted octanol–water partition coefficient (Wildman–Crippen LogP) is 5.13. The minimum absolute atomic E-state index is 0.251. The fourth-order valence-electron chi connectivity index (χ4n) is 4.00. The molecule has 0 aromatic heterocycles. The topological polar surface area (TPSA) is 75.7 Å². The van der Waals surface area contributed by atoms with Crippen molar-refractivity contribution in [3.63, 3.8) is 0 Å². The van der Waals surface area contributed by atoms with Gasteiger partial charge in [-0.1, -0.05) is 49.2 Å². The average Bonchev–Trinajstić information content (AvgIpc) is 3.16. The molecule has 1 aliphatic rings. The van der Waals surface area contributed by atoms with Gasteiger partial charge in [0.15, 0.2) is 0 Å². The Bertz CT molecular complexity index is 1190. The van der Waals surface area contributed by atoms with E-state index in [0.29, 0.717) is 36.7 Å². The minimum Gasteiger partial charge on any atom is -0.493 e. The summed E-state index contributed by atoms with van der Waals surface area (Å²) in [6.45, 7) is 1.64. The van der Waals surface area contributed by atoms with E-state index in [4.69, 9.17) is 4.74 Å². The molecule has 1 saturated heterocycles. The number of benzene rings is 3. The first kappa shape index (κ1) is 24.0. The molecule has 0 radical (unpaired) electrons. The summed E-state index contributed by atoms with van der Waals surface area (Å²) in [5.41, 5.74) is 2.20. The lowest BCUT2D eigenvalue weighted by atomic mass is 10.1. The third kappa shape index (κ3) is 6.24. The monoisotopic (exact) mass is 478 g/mol. The minimum atomic E-state index is -3.51. The van der Waals surface area contributed by atoms with Gasteiger partial charge in [0.05, 0.1) is 11.5 Å². The van der Waals surface area contributed by atoms with Gasteiger partial charge in [-0.3, -0.25) is 4.79 Å². The zero-order valence-corrected chi connectivity index (χ0v) is 20.0. The number of carbonyl (C=O) groups excluding carboxylic acids is 1. The maximum atomic E-state index is 12.9. The van der Waals surface area contributed by atoms with Crippen molar-refractivity contribution >= 4 is 21.6 Å². The first-order valence-corrected chi connectivity index (χ1v) is 13.1. The second kappa shape index (κ2) is 11.3. The highest BCUT2D eigenvalue weighted by molar-refractivity contribution is 7.89. The molecule has 1 N–H and O–H groups in total. The average molecular weight is 479 g/mol. The van der Waals surface area contributed by atoms with Crippen molar-refractivity contribution in [2.24, 2.45) is 0 Å². The summed E-state index contributed by atoms with van der Waals surface area (Å²) in [5, 5.41) is 2.83. The lowest BCUT2D eigenvalue weighted by Gasteiger charge is -2.20. The lowest BCUT2D eigenvalue weighted by molar-refractivity contribution is 0.102. The molecule has 7 heteroatoms. The van der Waals surface area contributed by atoms with Gasteiger partial charge in [0, 0.05) is 30.8 Å². The molecule has 1 aliphatic heterocycles. The van der Waals surface area contributed by atoms with Crippen LogP contribution in [-0.4, -0.2) is 38.3 Å². The summed E-state index contributed by atoms with van der Waals surface area (Å²) in [6.07, 6.45) is 4.70. The molecule has 0 saturated carbocycles. The molecule has 0 aliphatic carbocycles. The maximum absolute atomic E-state index is 12.9. The zero-order chi connectivity index (χ0) is 23.8. The first-order valence-electron chi connectivity index (χ1n) is 11.7. The van der Waals surface area contributed by atoms with E-state index in [1.807, 2.05) is 24.3 Å².